The van der Waals surface area contributed by atoms with Gasteiger partial charge in [0, 0.05) is 17.6 Å². The molecule has 4 heterocycles. The summed E-state index contributed by atoms with van der Waals surface area (Å²) in [5.41, 5.74) is 3.41. The molecule has 0 unspecified atom stereocenters. The number of pyridine rings is 1. The second-order valence-corrected chi connectivity index (χ2v) is 7.00. The monoisotopic (exact) mass is 406 g/mol. The zero-order valence-corrected chi connectivity index (χ0v) is 16.3. The van der Waals surface area contributed by atoms with Crippen molar-refractivity contribution in [2.45, 2.75) is 20.3 Å². The number of aryl methyl sites for hydroxylation is 2. The number of aromatic nitrogens is 8. The topological polar surface area (TPSA) is 107 Å². The number of halogens is 1. The van der Waals surface area contributed by atoms with Crippen LogP contribution in [0.15, 0.2) is 41.3 Å². The highest BCUT2D eigenvalue weighted by Crippen LogP contribution is 2.29. The lowest BCUT2D eigenvalue weighted by atomic mass is 10.1. The molecule has 10 heteroatoms. The number of H-pyrrole nitrogens is 1. The van der Waals surface area contributed by atoms with Gasteiger partial charge in [0.2, 0.25) is 0 Å². The first-order valence-electron chi connectivity index (χ1n) is 9.02. The second-order valence-electron chi connectivity index (χ2n) is 6.57. The van der Waals surface area contributed by atoms with E-state index in [1.807, 2.05) is 38.1 Å². The molecule has 5 aromatic rings. The molecule has 29 heavy (non-hydrogen) atoms. The van der Waals surface area contributed by atoms with Crippen LogP contribution in [0.2, 0.25) is 5.02 Å². The fraction of sp³-hybridized carbons (Fsp3) is 0.158. The Morgan fingerprint density at radius 2 is 2.07 bits per heavy atom. The van der Waals surface area contributed by atoms with E-state index in [9.17, 15) is 4.79 Å². The Morgan fingerprint density at radius 1 is 1.21 bits per heavy atom. The Morgan fingerprint density at radius 3 is 2.83 bits per heavy atom. The van der Waals surface area contributed by atoms with Crippen molar-refractivity contribution >= 4 is 28.3 Å². The molecule has 5 rings (SSSR count). The predicted molar refractivity (Wildman–Crippen MR) is 108 cm³/mol. The summed E-state index contributed by atoms with van der Waals surface area (Å²) in [5.74, 6) is 0.967. The maximum Gasteiger partial charge on any atom is 0.287 e. The molecule has 0 amide bonds. The van der Waals surface area contributed by atoms with Crippen LogP contribution >= 0.6 is 11.6 Å². The van der Waals surface area contributed by atoms with Crippen LogP contribution in [-0.2, 0) is 6.42 Å². The lowest BCUT2D eigenvalue weighted by Crippen LogP contribution is -2.21. The molecule has 0 aliphatic carbocycles. The first-order chi connectivity index (χ1) is 14.1. The lowest BCUT2D eigenvalue weighted by Gasteiger charge is -2.04. The molecule has 1 N–H and O–H groups in total. The van der Waals surface area contributed by atoms with Gasteiger partial charge in [0.15, 0.2) is 11.2 Å². The minimum absolute atomic E-state index is 0.183. The summed E-state index contributed by atoms with van der Waals surface area (Å²) in [6.45, 7) is 3.84. The van der Waals surface area contributed by atoms with Crippen molar-refractivity contribution in [2.75, 3.05) is 0 Å². The number of aromatic amines is 1. The number of fused-ring (bicyclic) bond motifs is 3. The van der Waals surface area contributed by atoms with E-state index in [2.05, 4.69) is 30.5 Å². The molecule has 0 aliphatic heterocycles. The molecule has 0 saturated heterocycles. The fourth-order valence-electron chi connectivity index (χ4n) is 3.34. The van der Waals surface area contributed by atoms with E-state index in [1.54, 1.807) is 16.8 Å². The minimum atomic E-state index is -0.365. The Hall–Kier alpha value is -3.59. The van der Waals surface area contributed by atoms with Crippen LogP contribution in [0.25, 0.3) is 33.8 Å². The molecule has 0 bridgehead atoms. The molecule has 144 valence electrons. The smallest absolute Gasteiger partial charge is 0.266 e. The van der Waals surface area contributed by atoms with Gasteiger partial charge >= 0.3 is 0 Å². The Kier molecular flexibility index (Phi) is 3.92. The third kappa shape index (κ3) is 2.70. The van der Waals surface area contributed by atoms with Crippen molar-refractivity contribution in [2.24, 2.45) is 0 Å². The van der Waals surface area contributed by atoms with Gasteiger partial charge in [-0.25, -0.2) is 9.08 Å². The van der Waals surface area contributed by atoms with Crippen LogP contribution < -0.4 is 5.56 Å². The van der Waals surface area contributed by atoms with Crippen molar-refractivity contribution in [3.8, 4) is 17.1 Å². The summed E-state index contributed by atoms with van der Waals surface area (Å²) in [4.78, 5) is 17.3. The first kappa shape index (κ1) is 17.5. The van der Waals surface area contributed by atoms with Gasteiger partial charge in [0.1, 0.15) is 11.3 Å². The number of nitrogens with one attached hydrogen (secondary N) is 1. The van der Waals surface area contributed by atoms with Crippen LogP contribution in [0, 0.1) is 6.92 Å². The van der Waals surface area contributed by atoms with Crippen LogP contribution in [0.5, 0.6) is 0 Å². The van der Waals surface area contributed by atoms with Crippen molar-refractivity contribution < 1.29 is 0 Å². The van der Waals surface area contributed by atoms with Gasteiger partial charge in [-0.2, -0.15) is 10.1 Å². The lowest BCUT2D eigenvalue weighted by molar-refractivity contribution is 0.874. The zero-order valence-electron chi connectivity index (χ0n) is 15.6. The third-order valence-electron chi connectivity index (χ3n) is 4.74. The van der Waals surface area contributed by atoms with Gasteiger partial charge in [0.05, 0.1) is 11.3 Å². The molecule has 0 atom stereocenters. The molecular weight excluding hydrogens is 392 g/mol. The molecule has 0 fully saturated rings. The summed E-state index contributed by atoms with van der Waals surface area (Å²) >= 11 is 6.15. The minimum Gasteiger partial charge on any atom is -0.266 e. The average Bonchev–Trinajstić information content (AvgIpc) is 3.32. The molecule has 0 saturated carbocycles. The molecule has 0 aliphatic rings. The predicted octanol–water partition coefficient (Wildman–Crippen LogP) is 2.74. The summed E-state index contributed by atoms with van der Waals surface area (Å²) in [5, 5.41) is 20.6. The summed E-state index contributed by atoms with van der Waals surface area (Å²) in [7, 11) is 0. The van der Waals surface area contributed by atoms with Gasteiger partial charge < -0.3 is 0 Å². The normalized spacial score (nSPS) is 11.6. The number of benzene rings is 1. The van der Waals surface area contributed by atoms with Gasteiger partial charge in [-0.3, -0.25) is 9.89 Å². The van der Waals surface area contributed by atoms with E-state index in [0.717, 1.165) is 16.8 Å². The summed E-state index contributed by atoms with van der Waals surface area (Å²) in [6.07, 6.45) is 2.30. The number of nitrogens with zero attached hydrogens (tertiary/aromatic N) is 7. The molecule has 4 aromatic heterocycles. The Bertz CT molecular complexity index is 1450. The fourth-order valence-corrected chi connectivity index (χ4v) is 3.53. The molecule has 0 radical (unpaired) electrons. The van der Waals surface area contributed by atoms with E-state index < -0.39 is 0 Å². The number of hydrogen-bond acceptors (Lipinski definition) is 6. The molecular formula is C19H15ClN8O. The van der Waals surface area contributed by atoms with Crippen LogP contribution in [0.1, 0.15) is 18.4 Å². The third-order valence-corrected chi connectivity index (χ3v) is 4.97. The van der Waals surface area contributed by atoms with E-state index in [1.165, 1.54) is 4.57 Å². The van der Waals surface area contributed by atoms with Crippen molar-refractivity contribution in [3.05, 3.63) is 63.4 Å². The Balaban J connectivity index is 1.75. The van der Waals surface area contributed by atoms with Gasteiger partial charge in [0.25, 0.3) is 11.5 Å². The second kappa shape index (κ2) is 6.49. The van der Waals surface area contributed by atoms with E-state index >= 15 is 0 Å². The summed E-state index contributed by atoms with van der Waals surface area (Å²) in [6, 6.07) is 9.23. The van der Waals surface area contributed by atoms with Gasteiger partial charge in [-0.1, -0.05) is 30.7 Å². The van der Waals surface area contributed by atoms with Crippen molar-refractivity contribution in [1.29, 1.82) is 0 Å². The van der Waals surface area contributed by atoms with Gasteiger partial charge in [-0.05, 0) is 30.7 Å². The van der Waals surface area contributed by atoms with Crippen molar-refractivity contribution in [3.63, 3.8) is 0 Å². The van der Waals surface area contributed by atoms with Crippen molar-refractivity contribution in [1.82, 2.24) is 39.6 Å². The maximum atomic E-state index is 13.0. The molecule has 9 nitrogen and oxygen atoms in total. The standard InChI is InChI=1S/C19H15ClN8O/c1-3-14-21-19(25-22-14)27-8-7-13-16(18(27)29)23-24-17-15(10(2)26-28(13)17)11-5-4-6-12(20)9-11/h4-9H,3H2,1-2H3,(H,21,22,25). The highest BCUT2D eigenvalue weighted by Gasteiger charge is 2.18. The quantitative estimate of drug-likeness (QED) is 0.493. The van der Waals surface area contributed by atoms with Gasteiger partial charge in [-0.15, -0.1) is 15.3 Å². The van der Waals surface area contributed by atoms with Crippen LogP contribution in [0.3, 0.4) is 0 Å². The number of rotatable bonds is 3. The maximum absolute atomic E-state index is 13.0. The first-order valence-corrected chi connectivity index (χ1v) is 9.39. The van der Waals surface area contributed by atoms with E-state index in [-0.39, 0.29) is 17.0 Å². The molecule has 1 aromatic carbocycles. The Labute approximate surface area is 169 Å². The molecule has 0 spiro atoms. The highest BCUT2D eigenvalue weighted by molar-refractivity contribution is 6.30. The summed E-state index contributed by atoms with van der Waals surface area (Å²) < 4.78 is 2.97. The van der Waals surface area contributed by atoms with E-state index in [4.69, 9.17) is 11.6 Å². The highest BCUT2D eigenvalue weighted by atomic mass is 35.5. The largest absolute Gasteiger partial charge is 0.287 e. The SMILES string of the molecule is CCc1nc(-n2ccc3c(nnc4c(-c5cccc(Cl)c5)c(C)nn43)c2=O)n[nH]1. The average molecular weight is 407 g/mol. The van der Waals surface area contributed by atoms with E-state index in [0.29, 0.717) is 28.4 Å². The zero-order chi connectivity index (χ0) is 20.1. The number of hydrogen-bond donors (Lipinski definition) is 1. The van der Waals surface area contributed by atoms with Crippen LogP contribution in [-0.4, -0.2) is 39.6 Å². The van der Waals surface area contributed by atoms with Crippen LogP contribution in [0.4, 0.5) is 0 Å².